The zero-order valence-electron chi connectivity index (χ0n) is 11.7. The second-order valence-corrected chi connectivity index (χ2v) is 4.29. The molecule has 1 rings (SSSR count). The van der Waals surface area contributed by atoms with E-state index in [1.165, 1.54) is 0 Å². The molecule has 0 fully saturated rings. The van der Waals surface area contributed by atoms with Crippen LogP contribution in [0.1, 0.15) is 30.9 Å². The second-order valence-electron chi connectivity index (χ2n) is 4.29. The van der Waals surface area contributed by atoms with Crippen molar-refractivity contribution >= 4 is 0 Å². The van der Waals surface area contributed by atoms with Crippen molar-refractivity contribution in [2.45, 2.75) is 26.3 Å². The average Bonchev–Trinajstić information content (AvgIpc) is 2.46. The lowest BCUT2D eigenvalue weighted by atomic mass is 10.1. The van der Waals surface area contributed by atoms with Gasteiger partial charge < -0.3 is 14.8 Å². The topological polar surface area (TPSA) is 54.3 Å². The average molecular weight is 262 g/mol. The minimum Gasteiger partial charge on any atom is -0.495 e. The van der Waals surface area contributed by atoms with Crippen LogP contribution in [-0.2, 0) is 11.3 Å². The van der Waals surface area contributed by atoms with Crippen LogP contribution < -0.4 is 10.1 Å². The molecule has 0 unspecified atom stereocenters. The first kappa shape index (κ1) is 15.5. The van der Waals surface area contributed by atoms with Gasteiger partial charge in [-0.15, -0.1) is 0 Å². The number of nitrogens with one attached hydrogen (secondary N) is 1. The highest BCUT2D eigenvalue weighted by Gasteiger charge is 2.03. The Balaban J connectivity index is 2.28. The Morgan fingerprint density at radius 2 is 2.16 bits per heavy atom. The Labute approximate surface area is 115 Å². The van der Waals surface area contributed by atoms with E-state index >= 15 is 0 Å². The van der Waals surface area contributed by atoms with Gasteiger partial charge in [-0.2, -0.15) is 5.26 Å². The van der Waals surface area contributed by atoms with Gasteiger partial charge in [0.1, 0.15) is 11.8 Å². The highest BCUT2D eigenvalue weighted by Crippen LogP contribution is 2.18. The van der Waals surface area contributed by atoms with Crippen LogP contribution in [0, 0.1) is 11.3 Å². The van der Waals surface area contributed by atoms with Crippen molar-refractivity contribution in [1.82, 2.24) is 5.32 Å². The zero-order chi connectivity index (χ0) is 13.9. The van der Waals surface area contributed by atoms with E-state index in [1.807, 2.05) is 18.2 Å². The quantitative estimate of drug-likeness (QED) is 0.695. The minimum atomic E-state index is 0.570. The Kier molecular flexibility index (Phi) is 7.64. The monoisotopic (exact) mass is 262 g/mol. The van der Waals surface area contributed by atoms with Crippen LogP contribution in [0.15, 0.2) is 18.2 Å². The lowest BCUT2D eigenvalue weighted by Gasteiger charge is -2.08. The summed E-state index contributed by atoms with van der Waals surface area (Å²) in [7, 11) is 1.57. The maximum Gasteiger partial charge on any atom is 0.136 e. The number of unbranched alkanes of at least 4 members (excludes halogenated alkanes) is 1. The van der Waals surface area contributed by atoms with E-state index in [9.17, 15) is 0 Å². The lowest BCUT2D eigenvalue weighted by molar-refractivity contribution is 0.133. The molecule has 0 aliphatic heterocycles. The maximum atomic E-state index is 9.00. The number of rotatable bonds is 9. The van der Waals surface area contributed by atoms with Gasteiger partial charge in [0.15, 0.2) is 0 Å². The first-order valence-corrected chi connectivity index (χ1v) is 6.67. The van der Waals surface area contributed by atoms with E-state index in [4.69, 9.17) is 14.7 Å². The molecule has 0 aromatic heterocycles. The van der Waals surface area contributed by atoms with Crippen molar-refractivity contribution in [1.29, 1.82) is 5.26 Å². The maximum absolute atomic E-state index is 9.00. The van der Waals surface area contributed by atoms with Gasteiger partial charge in [0.2, 0.25) is 0 Å². The lowest BCUT2D eigenvalue weighted by Crippen LogP contribution is -2.19. The van der Waals surface area contributed by atoms with E-state index in [0.29, 0.717) is 11.3 Å². The minimum absolute atomic E-state index is 0.570. The molecule has 0 aliphatic rings. The van der Waals surface area contributed by atoms with E-state index in [-0.39, 0.29) is 0 Å². The fourth-order valence-electron chi connectivity index (χ4n) is 1.68. The van der Waals surface area contributed by atoms with Gasteiger partial charge in [0, 0.05) is 19.7 Å². The number of ether oxygens (including phenoxy) is 2. The summed E-state index contributed by atoms with van der Waals surface area (Å²) in [6.07, 6.45) is 2.28. The Bertz CT molecular complexity index is 413. The molecule has 0 bridgehead atoms. The van der Waals surface area contributed by atoms with Gasteiger partial charge in [0.05, 0.1) is 19.3 Å². The molecule has 19 heavy (non-hydrogen) atoms. The summed E-state index contributed by atoms with van der Waals surface area (Å²) in [6, 6.07) is 7.77. The van der Waals surface area contributed by atoms with Crippen molar-refractivity contribution in [3.05, 3.63) is 29.3 Å². The molecule has 4 heteroatoms. The molecule has 0 spiro atoms. The molecule has 0 aliphatic carbocycles. The van der Waals surface area contributed by atoms with Crippen molar-refractivity contribution in [3.8, 4) is 11.8 Å². The Morgan fingerprint density at radius 3 is 2.84 bits per heavy atom. The van der Waals surface area contributed by atoms with Crippen LogP contribution >= 0.6 is 0 Å². The third-order valence-corrected chi connectivity index (χ3v) is 2.78. The molecule has 1 N–H and O–H groups in total. The van der Waals surface area contributed by atoms with Crippen LogP contribution in [0.4, 0.5) is 0 Å². The van der Waals surface area contributed by atoms with Crippen LogP contribution in [0.3, 0.4) is 0 Å². The number of benzene rings is 1. The van der Waals surface area contributed by atoms with Crippen molar-refractivity contribution in [2.75, 3.05) is 26.9 Å². The smallest absolute Gasteiger partial charge is 0.136 e. The van der Waals surface area contributed by atoms with E-state index in [0.717, 1.165) is 44.7 Å². The fraction of sp³-hybridized carbons (Fsp3) is 0.533. The van der Waals surface area contributed by atoms with Crippen LogP contribution in [0.2, 0.25) is 0 Å². The zero-order valence-corrected chi connectivity index (χ0v) is 11.7. The summed E-state index contributed by atoms with van der Waals surface area (Å²) in [5.41, 5.74) is 1.65. The second kappa shape index (κ2) is 9.37. The van der Waals surface area contributed by atoms with Gasteiger partial charge in [-0.25, -0.2) is 0 Å². The van der Waals surface area contributed by atoms with Crippen LogP contribution in [0.5, 0.6) is 5.75 Å². The summed E-state index contributed by atoms with van der Waals surface area (Å²) in [4.78, 5) is 0. The molecule has 0 saturated carbocycles. The van der Waals surface area contributed by atoms with Gasteiger partial charge in [-0.1, -0.05) is 19.4 Å². The Morgan fingerprint density at radius 1 is 1.32 bits per heavy atom. The first-order chi connectivity index (χ1) is 9.31. The van der Waals surface area contributed by atoms with Gasteiger partial charge in [-0.05, 0) is 24.1 Å². The number of hydrogen-bond donors (Lipinski definition) is 1. The SMILES string of the molecule is CCCCOCCNCc1ccc(OC)c(C#N)c1. The summed E-state index contributed by atoms with van der Waals surface area (Å²) < 4.78 is 10.6. The van der Waals surface area contributed by atoms with E-state index in [2.05, 4.69) is 18.3 Å². The molecule has 0 radical (unpaired) electrons. The molecule has 0 amide bonds. The summed E-state index contributed by atoms with van der Waals surface area (Å²) in [5.74, 6) is 0.620. The highest BCUT2D eigenvalue weighted by molar-refractivity contribution is 5.45. The molecule has 1 aromatic rings. The highest BCUT2D eigenvalue weighted by atomic mass is 16.5. The number of hydrogen-bond acceptors (Lipinski definition) is 4. The molecule has 4 nitrogen and oxygen atoms in total. The molecule has 104 valence electrons. The predicted octanol–water partition coefficient (Wildman–Crippen LogP) is 2.47. The van der Waals surface area contributed by atoms with E-state index < -0.39 is 0 Å². The number of methoxy groups -OCH3 is 1. The predicted molar refractivity (Wildman–Crippen MR) is 75.1 cm³/mol. The van der Waals surface area contributed by atoms with Crippen molar-refractivity contribution < 1.29 is 9.47 Å². The fourth-order valence-corrected chi connectivity index (χ4v) is 1.68. The summed E-state index contributed by atoms with van der Waals surface area (Å²) in [5, 5.41) is 12.3. The third-order valence-electron chi connectivity index (χ3n) is 2.78. The van der Waals surface area contributed by atoms with Crippen molar-refractivity contribution in [2.24, 2.45) is 0 Å². The summed E-state index contributed by atoms with van der Waals surface area (Å²) >= 11 is 0. The normalized spacial score (nSPS) is 10.2. The summed E-state index contributed by atoms with van der Waals surface area (Å²) in [6.45, 7) is 5.26. The first-order valence-electron chi connectivity index (χ1n) is 6.67. The standard InChI is InChI=1S/C15H22N2O2/c1-3-4-8-19-9-7-17-12-13-5-6-15(18-2)14(10-13)11-16/h5-6,10,17H,3-4,7-9,12H2,1-2H3. The van der Waals surface area contributed by atoms with Crippen LogP contribution in [0.25, 0.3) is 0 Å². The van der Waals surface area contributed by atoms with Gasteiger partial charge in [0.25, 0.3) is 0 Å². The Hall–Kier alpha value is -1.57. The van der Waals surface area contributed by atoms with Crippen LogP contribution in [-0.4, -0.2) is 26.9 Å². The van der Waals surface area contributed by atoms with Crippen molar-refractivity contribution in [3.63, 3.8) is 0 Å². The van der Waals surface area contributed by atoms with Gasteiger partial charge in [-0.3, -0.25) is 0 Å². The number of nitrogens with zero attached hydrogens (tertiary/aromatic N) is 1. The molecule has 0 atom stereocenters. The van der Waals surface area contributed by atoms with Gasteiger partial charge >= 0.3 is 0 Å². The molecular formula is C15H22N2O2. The molecule has 1 aromatic carbocycles. The van der Waals surface area contributed by atoms with E-state index in [1.54, 1.807) is 7.11 Å². The molecular weight excluding hydrogens is 240 g/mol. The number of nitriles is 1. The third kappa shape index (κ3) is 5.73. The largest absolute Gasteiger partial charge is 0.495 e. The molecule has 0 saturated heterocycles. The molecule has 0 heterocycles.